The summed E-state index contributed by atoms with van der Waals surface area (Å²) in [5, 5.41) is 16.3. The molecule has 1 atom stereocenters. The summed E-state index contributed by atoms with van der Waals surface area (Å²) in [5.74, 6) is 0.0542. The number of nitrogens with one attached hydrogen (secondary N) is 2. The number of carbonyl (C=O) groups is 1. The first-order valence-corrected chi connectivity index (χ1v) is 11.0. The molecule has 0 radical (unpaired) electrons. The second kappa shape index (κ2) is 8.33. The highest BCUT2D eigenvalue weighted by molar-refractivity contribution is 5.95. The van der Waals surface area contributed by atoms with Crippen LogP contribution in [0.15, 0.2) is 24.3 Å². The molecule has 0 bridgehead atoms. The van der Waals surface area contributed by atoms with Crippen LogP contribution in [0.25, 0.3) is 0 Å². The molecule has 1 fully saturated rings. The van der Waals surface area contributed by atoms with Crippen LogP contribution < -0.4 is 20.1 Å². The number of aryl methyl sites for hydroxylation is 1. The molecule has 1 aromatic carbocycles. The second-order valence-electron chi connectivity index (χ2n) is 9.52. The third-order valence-corrected chi connectivity index (χ3v) is 6.25. The summed E-state index contributed by atoms with van der Waals surface area (Å²) in [6.07, 6.45) is -3.00. The number of hydrogen-bond acceptors (Lipinski definition) is 6. The third-order valence-electron chi connectivity index (χ3n) is 6.25. The van der Waals surface area contributed by atoms with Gasteiger partial charge in [-0.2, -0.15) is 13.2 Å². The molecular formula is C24H28F3N3O4. The molecule has 2 heterocycles. The van der Waals surface area contributed by atoms with E-state index in [-0.39, 0.29) is 11.3 Å². The SMILES string of the molecule is COc1cc(C(=O)NCC(O)(c2cc3c(c(C)n2)OCC3(C)C)C(F)(F)F)ccc1NC1CC1. The summed E-state index contributed by atoms with van der Waals surface area (Å²) in [6.45, 7) is 4.40. The molecule has 1 amide bonds. The van der Waals surface area contributed by atoms with Crippen molar-refractivity contribution >= 4 is 11.6 Å². The summed E-state index contributed by atoms with van der Waals surface area (Å²) >= 11 is 0. The van der Waals surface area contributed by atoms with Gasteiger partial charge in [0.25, 0.3) is 5.91 Å². The van der Waals surface area contributed by atoms with Gasteiger partial charge in [0.2, 0.25) is 5.60 Å². The van der Waals surface area contributed by atoms with Crippen LogP contribution in [0.5, 0.6) is 11.5 Å². The Morgan fingerprint density at radius 1 is 1.29 bits per heavy atom. The molecule has 7 nitrogen and oxygen atoms in total. The zero-order valence-corrected chi connectivity index (χ0v) is 19.5. The van der Waals surface area contributed by atoms with Gasteiger partial charge in [-0.1, -0.05) is 13.8 Å². The van der Waals surface area contributed by atoms with Crippen LogP contribution in [-0.4, -0.2) is 48.5 Å². The molecule has 1 aliphatic carbocycles. The second-order valence-corrected chi connectivity index (χ2v) is 9.52. The van der Waals surface area contributed by atoms with Crippen LogP contribution in [0.2, 0.25) is 0 Å². The van der Waals surface area contributed by atoms with Crippen LogP contribution >= 0.6 is 0 Å². The van der Waals surface area contributed by atoms with Crippen LogP contribution in [0.4, 0.5) is 18.9 Å². The van der Waals surface area contributed by atoms with Gasteiger partial charge in [-0.25, -0.2) is 0 Å². The summed E-state index contributed by atoms with van der Waals surface area (Å²) < 4.78 is 53.3. The van der Waals surface area contributed by atoms with Gasteiger partial charge in [0.15, 0.2) is 0 Å². The number of halogens is 3. The molecular weight excluding hydrogens is 451 g/mol. The van der Waals surface area contributed by atoms with Gasteiger partial charge in [-0.3, -0.25) is 9.78 Å². The van der Waals surface area contributed by atoms with E-state index in [9.17, 15) is 23.1 Å². The minimum atomic E-state index is -5.09. The Morgan fingerprint density at radius 3 is 2.62 bits per heavy atom. The fraction of sp³-hybridized carbons (Fsp3) is 0.500. The predicted molar refractivity (Wildman–Crippen MR) is 119 cm³/mol. The number of ether oxygens (including phenoxy) is 2. The van der Waals surface area contributed by atoms with Gasteiger partial charge >= 0.3 is 6.18 Å². The van der Waals surface area contributed by atoms with Crippen molar-refractivity contribution in [2.75, 3.05) is 25.6 Å². The van der Waals surface area contributed by atoms with E-state index in [1.165, 1.54) is 32.2 Å². The highest BCUT2D eigenvalue weighted by atomic mass is 19.4. The number of pyridine rings is 1. The maximum Gasteiger partial charge on any atom is 0.424 e. The van der Waals surface area contributed by atoms with Gasteiger partial charge < -0.3 is 25.2 Å². The lowest BCUT2D eigenvalue weighted by molar-refractivity contribution is -0.265. The van der Waals surface area contributed by atoms with E-state index < -0.39 is 35.3 Å². The molecule has 0 saturated heterocycles. The topological polar surface area (TPSA) is 92.7 Å². The number of alkyl halides is 3. The number of rotatable bonds is 7. The van der Waals surface area contributed by atoms with Crippen LogP contribution in [-0.2, 0) is 11.0 Å². The average molecular weight is 479 g/mol. The Labute approximate surface area is 195 Å². The molecule has 1 aliphatic heterocycles. The molecule has 2 aromatic rings. The van der Waals surface area contributed by atoms with Crippen molar-refractivity contribution < 1.29 is 32.5 Å². The number of aliphatic hydroxyl groups is 1. The summed E-state index contributed by atoms with van der Waals surface area (Å²) in [7, 11) is 1.45. The first-order valence-electron chi connectivity index (χ1n) is 11.0. The van der Waals surface area contributed by atoms with E-state index >= 15 is 0 Å². The molecule has 0 spiro atoms. The zero-order chi connectivity index (χ0) is 24.9. The van der Waals surface area contributed by atoms with Crippen molar-refractivity contribution in [1.82, 2.24) is 10.3 Å². The minimum Gasteiger partial charge on any atom is -0.495 e. The summed E-state index contributed by atoms with van der Waals surface area (Å²) in [5.41, 5.74) is -2.93. The highest BCUT2D eigenvalue weighted by Crippen LogP contribution is 2.44. The number of fused-ring (bicyclic) bond motifs is 1. The quantitative estimate of drug-likeness (QED) is 0.559. The number of hydrogen-bond donors (Lipinski definition) is 3. The molecule has 1 aromatic heterocycles. The molecule has 3 N–H and O–H groups in total. The Morgan fingerprint density at radius 2 is 2.00 bits per heavy atom. The molecule has 10 heteroatoms. The largest absolute Gasteiger partial charge is 0.495 e. The van der Waals surface area contributed by atoms with Crippen molar-refractivity contribution in [2.45, 2.75) is 56.8 Å². The number of methoxy groups -OCH3 is 1. The van der Waals surface area contributed by atoms with Gasteiger partial charge in [0.1, 0.15) is 11.5 Å². The monoisotopic (exact) mass is 479 g/mol. The van der Waals surface area contributed by atoms with Gasteiger partial charge in [0, 0.05) is 22.6 Å². The van der Waals surface area contributed by atoms with Gasteiger partial charge in [-0.05, 0) is 44.0 Å². The number of carbonyl (C=O) groups excluding carboxylic acids is 1. The number of amides is 1. The van der Waals surface area contributed by atoms with Crippen molar-refractivity contribution in [3.8, 4) is 11.5 Å². The summed E-state index contributed by atoms with van der Waals surface area (Å²) in [6, 6.07) is 6.16. The Hall–Kier alpha value is -3.01. The third kappa shape index (κ3) is 4.38. The Balaban J connectivity index is 1.59. The Kier molecular flexibility index (Phi) is 5.91. The average Bonchev–Trinajstić information content (AvgIpc) is 3.53. The molecule has 184 valence electrons. The van der Waals surface area contributed by atoms with E-state index in [0.29, 0.717) is 35.4 Å². The van der Waals surface area contributed by atoms with Crippen molar-refractivity contribution in [3.05, 3.63) is 46.8 Å². The van der Waals surface area contributed by atoms with E-state index in [1.807, 2.05) is 13.8 Å². The first kappa shape index (κ1) is 24.1. The number of anilines is 1. The van der Waals surface area contributed by atoms with E-state index in [2.05, 4.69) is 15.6 Å². The molecule has 34 heavy (non-hydrogen) atoms. The van der Waals surface area contributed by atoms with Crippen molar-refractivity contribution in [1.29, 1.82) is 0 Å². The van der Waals surface area contributed by atoms with Crippen LogP contribution in [0.3, 0.4) is 0 Å². The van der Waals surface area contributed by atoms with Crippen molar-refractivity contribution in [3.63, 3.8) is 0 Å². The predicted octanol–water partition coefficient (Wildman–Crippen LogP) is 3.82. The first-order chi connectivity index (χ1) is 15.9. The standard InChI is InChI=1S/C24H28F3N3O4/c1-13-20-16(22(2,3)12-34-20)10-19(29-13)23(32,24(25,26)27)11-28-21(31)14-5-8-17(18(9-14)33-4)30-15-6-7-15/h5,8-10,15,30,32H,6-7,11-12H2,1-4H3,(H,28,31). The Bertz CT molecular complexity index is 1120. The van der Waals surface area contributed by atoms with E-state index in [0.717, 1.165) is 12.8 Å². The fourth-order valence-corrected chi connectivity index (χ4v) is 3.93. The number of benzene rings is 1. The maximum absolute atomic E-state index is 14.1. The maximum atomic E-state index is 14.1. The molecule has 1 saturated carbocycles. The molecule has 2 aliphatic rings. The van der Waals surface area contributed by atoms with Gasteiger partial charge in [-0.15, -0.1) is 0 Å². The number of nitrogens with zero attached hydrogens (tertiary/aromatic N) is 1. The van der Waals surface area contributed by atoms with E-state index in [4.69, 9.17) is 9.47 Å². The lowest BCUT2D eigenvalue weighted by Crippen LogP contribution is -2.51. The minimum absolute atomic E-state index is 0.107. The highest BCUT2D eigenvalue weighted by Gasteiger charge is 2.57. The normalized spacial score (nSPS) is 18.5. The van der Waals surface area contributed by atoms with E-state index in [1.54, 1.807) is 6.07 Å². The smallest absolute Gasteiger partial charge is 0.424 e. The summed E-state index contributed by atoms with van der Waals surface area (Å²) in [4.78, 5) is 16.7. The van der Waals surface area contributed by atoms with Crippen molar-refractivity contribution in [2.24, 2.45) is 0 Å². The van der Waals surface area contributed by atoms with Gasteiger partial charge in [0.05, 0.1) is 37.3 Å². The lowest BCUT2D eigenvalue weighted by Gasteiger charge is -2.31. The van der Waals surface area contributed by atoms with Crippen LogP contribution in [0, 0.1) is 6.92 Å². The molecule has 4 rings (SSSR count). The fourth-order valence-electron chi connectivity index (χ4n) is 3.93. The lowest BCUT2D eigenvalue weighted by atomic mass is 9.84. The van der Waals surface area contributed by atoms with Crippen LogP contribution in [0.1, 0.15) is 54.0 Å². The molecule has 1 unspecified atom stereocenters. The zero-order valence-electron chi connectivity index (χ0n) is 19.5. The number of aromatic nitrogens is 1.